The predicted octanol–water partition coefficient (Wildman–Crippen LogP) is 1.96. The van der Waals surface area contributed by atoms with Crippen LogP contribution < -0.4 is 0 Å². The minimum Gasteiger partial charge on any atom is -0.260 e. The minimum atomic E-state index is -2.71. The van der Waals surface area contributed by atoms with Crippen molar-refractivity contribution in [2.24, 2.45) is 0 Å². The Kier molecular flexibility index (Phi) is 3.09. The van der Waals surface area contributed by atoms with E-state index in [1.807, 2.05) is 6.07 Å². The molecule has 0 bridgehead atoms. The van der Waals surface area contributed by atoms with Crippen LogP contribution in [0.1, 0.15) is 23.2 Å². The van der Waals surface area contributed by atoms with Crippen LogP contribution in [0.5, 0.6) is 0 Å². The lowest BCUT2D eigenvalue weighted by Gasteiger charge is -2.02. The molecule has 0 amide bonds. The van der Waals surface area contributed by atoms with Crippen molar-refractivity contribution in [1.82, 2.24) is 4.98 Å². The van der Waals surface area contributed by atoms with Crippen molar-refractivity contribution >= 4 is 0 Å². The SMILES string of the molecule is N#CCc1cc(C#N)c(C(F)F)cn1. The fourth-order valence-electron chi connectivity index (χ4n) is 0.958. The van der Waals surface area contributed by atoms with E-state index in [9.17, 15) is 8.78 Å². The molecule has 0 aliphatic rings. The summed E-state index contributed by atoms with van der Waals surface area (Å²) in [5.74, 6) is 0. The zero-order valence-corrected chi connectivity index (χ0v) is 7.04. The van der Waals surface area contributed by atoms with Crippen molar-refractivity contribution in [1.29, 1.82) is 10.5 Å². The molecule has 0 unspecified atom stereocenters. The van der Waals surface area contributed by atoms with E-state index in [4.69, 9.17) is 10.5 Å². The highest BCUT2D eigenvalue weighted by Gasteiger charge is 2.13. The Morgan fingerprint density at radius 2 is 2.14 bits per heavy atom. The van der Waals surface area contributed by atoms with Crippen LogP contribution in [0, 0.1) is 22.7 Å². The van der Waals surface area contributed by atoms with E-state index in [-0.39, 0.29) is 12.0 Å². The normalized spacial score (nSPS) is 9.50. The Morgan fingerprint density at radius 3 is 2.64 bits per heavy atom. The van der Waals surface area contributed by atoms with Crippen LogP contribution in [0.2, 0.25) is 0 Å². The zero-order valence-electron chi connectivity index (χ0n) is 7.04. The molecular weight excluding hydrogens is 188 g/mol. The van der Waals surface area contributed by atoms with Crippen LogP contribution in [0.15, 0.2) is 12.3 Å². The lowest BCUT2D eigenvalue weighted by Crippen LogP contribution is -1.96. The summed E-state index contributed by atoms with van der Waals surface area (Å²) in [6.45, 7) is 0. The summed E-state index contributed by atoms with van der Waals surface area (Å²) in [5, 5.41) is 16.9. The van der Waals surface area contributed by atoms with Gasteiger partial charge in [-0.1, -0.05) is 0 Å². The molecule has 0 aliphatic heterocycles. The van der Waals surface area contributed by atoms with Crippen LogP contribution in [0.3, 0.4) is 0 Å². The molecule has 1 rings (SSSR count). The number of rotatable bonds is 2. The van der Waals surface area contributed by atoms with Crippen LogP contribution in [0.25, 0.3) is 0 Å². The van der Waals surface area contributed by atoms with Gasteiger partial charge in [0.25, 0.3) is 6.43 Å². The number of hydrogen-bond donors (Lipinski definition) is 0. The molecule has 0 aromatic carbocycles. The van der Waals surface area contributed by atoms with Crippen molar-refractivity contribution < 1.29 is 8.78 Å². The van der Waals surface area contributed by atoms with Crippen molar-refractivity contribution in [3.8, 4) is 12.1 Å². The summed E-state index contributed by atoms with van der Waals surface area (Å²) < 4.78 is 24.6. The van der Waals surface area contributed by atoms with E-state index in [2.05, 4.69) is 4.98 Å². The third kappa shape index (κ3) is 2.02. The largest absolute Gasteiger partial charge is 0.266 e. The minimum absolute atomic E-state index is 0.0121. The topological polar surface area (TPSA) is 60.5 Å². The molecular formula is C9H5F2N3. The Labute approximate surface area is 79.2 Å². The first-order valence-electron chi connectivity index (χ1n) is 3.73. The van der Waals surface area contributed by atoms with E-state index in [0.717, 1.165) is 6.20 Å². The molecule has 5 heteroatoms. The van der Waals surface area contributed by atoms with Gasteiger partial charge in [0.05, 0.1) is 35.4 Å². The fourth-order valence-corrected chi connectivity index (χ4v) is 0.958. The number of pyridine rings is 1. The molecule has 0 fully saturated rings. The number of nitrogens with zero attached hydrogens (tertiary/aromatic N) is 3. The maximum atomic E-state index is 12.3. The average Bonchev–Trinajstić information content (AvgIpc) is 2.17. The third-order valence-corrected chi connectivity index (χ3v) is 1.61. The molecule has 14 heavy (non-hydrogen) atoms. The predicted molar refractivity (Wildman–Crippen MR) is 43.2 cm³/mol. The zero-order chi connectivity index (χ0) is 10.6. The second kappa shape index (κ2) is 4.29. The van der Waals surface area contributed by atoms with Crippen molar-refractivity contribution in [3.63, 3.8) is 0 Å². The van der Waals surface area contributed by atoms with Gasteiger partial charge in [0.2, 0.25) is 0 Å². The van der Waals surface area contributed by atoms with Gasteiger partial charge in [0.1, 0.15) is 0 Å². The summed E-state index contributed by atoms with van der Waals surface area (Å²) in [4.78, 5) is 3.64. The molecule has 0 aliphatic carbocycles. The van der Waals surface area contributed by atoms with Crippen LogP contribution in [-0.4, -0.2) is 4.98 Å². The Balaban J connectivity index is 3.15. The average molecular weight is 193 g/mol. The highest BCUT2D eigenvalue weighted by atomic mass is 19.3. The highest BCUT2D eigenvalue weighted by molar-refractivity contribution is 5.38. The molecule has 70 valence electrons. The van der Waals surface area contributed by atoms with Crippen molar-refractivity contribution in [2.75, 3.05) is 0 Å². The third-order valence-electron chi connectivity index (χ3n) is 1.61. The van der Waals surface area contributed by atoms with Gasteiger partial charge in [-0.3, -0.25) is 4.98 Å². The van der Waals surface area contributed by atoms with E-state index in [0.29, 0.717) is 5.69 Å². The molecule has 1 aromatic rings. The second-order valence-electron chi connectivity index (χ2n) is 2.51. The van der Waals surface area contributed by atoms with Gasteiger partial charge in [0, 0.05) is 6.20 Å². The van der Waals surface area contributed by atoms with E-state index in [1.165, 1.54) is 6.07 Å². The molecule has 1 aromatic heterocycles. The van der Waals surface area contributed by atoms with Gasteiger partial charge in [-0.25, -0.2) is 8.78 Å². The first-order valence-corrected chi connectivity index (χ1v) is 3.73. The van der Waals surface area contributed by atoms with Crippen LogP contribution >= 0.6 is 0 Å². The van der Waals surface area contributed by atoms with Gasteiger partial charge in [-0.2, -0.15) is 10.5 Å². The number of alkyl halides is 2. The smallest absolute Gasteiger partial charge is 0.260 e. The summed E-state index contributed by atoms with van der Waals surface area (Å²) in [6.07, 6.45) is -1.76. The maximum absolute atomic E-state index is 12.3. The number of hydrogen-bond acceptors (Lipinski definition) is 3. The molecule has 0 N–H and O–H groups in total. The molecule has 0 radical (unpaired) electrons. The lowest BCUT2D eigenvalue weighted by molar-refractivity contribution is 0.150. The molecule has 0 spiro atoms. The molecule has 0 saturated carbocycles. The van der Waals surface area contributed by atoms with Crippen molar-refractivity contribution in [2.45, 2.75) is 12.8 Å². The fraction of sp³-hybridized carbons (Fsp3) is 0.222. The number of halogens is 2. The van der Waals surface area contributed by atoms with Gasteiger partial charge in [-0.05, 0) is 6.07 Å². The first-order chi connectivity index (χ1) is 6.69. The number of nitriles is 2. The molecule has 1 heterocycles. The summed E-state index contributed by atoms with van der Waals surface area (Å²) in [6, 6.07) is 4.68. The number of aromatic nitrogens is 1. The quantitative estimate of drug-likeness (QED) is 0.721. The summed E-state index contributed by atoms with van der Waals surface area (Å²) >= 11 is 0. The maximum Gasteiger partial charge on any atom is 0.266 e. The Hall–Kier alpha value is -2.01. The Bertz CT molecular complexity index is 415. The van der Waals surface area contributed by atoms with E-state index < -0.39 is 12.0 Å². The molecule has 0 saturated heterocycles. The molecule has 3 nitrogen and oxygen atoms in total. The van der Waals surface area contributed by atoms with E-state index in [1.54, 1.807) is 6.07 Å². The Morgan fingerprint density at radius 1 is 1.43 bits per heavy atom. The van der Waals surface area contributed by atoms with Gasteiger partial charge >= 0.3 is 0 Å². The summed E-state index contributed by atoms with van der Waals surface area (Å²) in [7, 11) is 0. The summed E-state index contributed by atoms with van der Waals surface area (Å²) in [5.41, 5.74) is -0.192. The van der Waals surface area contributed by atoms with Crippen LogP contribution in [-0.2, 0) is 6.42 Å². The van der Waals surface area contributed by atoms with E-state index >= 15 is 0 Å². The van der Waals surface area contributed by atoms with Gasteiger partial charge in [0.15, 0.2) is 0 Å². The standard InChI is InChI=1S/C9H5F2N3/c10-9(11)8-5-14-7(1-2-12)3-6(8)4-13/h3,5,9H,1H2. The van der Waals surface area contributed by atoms with Crippen LogP contribution in [0.4, 0.5) is 8.78 Å². The van der Waals surface area contributed by atoms with Crippen molar-refractivity contribution in [3.05, 3.63) is 29.1 Å². The lowest BCUT2D eigenvalue weighted by atomic mass is 10.1. The monoisotopic (exact) mass is 193 g/mol. The molecule has 0 atom stereocenters. The second-order valence-corrected chi connectivity index (χ2v) is 2.51. The van der Waals surface area contributed by atoms with Gasteiger partial charge in [-0.15, -0.1) is 0 Å². The van der Waals surface area contributed by atoms with Gasteiger partial charge < -0.3 is 0 Å². The highest BCUT2D eigenvalue weighted by Crippen LogP contribution is 2.21. The first kappa shape index (κ1) is 10.1.